The number of amides is 1. The number of hydrogen-bond donors (Lipinski definition) is 0. The van der Waals surface area contributed by atoms with Crippen molar-refractivity contribution in [3.63, 3.8) is 0 Å². The summed E-state index contributed by atoms with van der Waals surface area (Å²) in [5, 5.41) is 0.536. The summed E-state index contributed by atoms with van der Waals surface area (Å²) < 4.78 is 41.6. The quantitative estimate of drug-likeness (QED) is 0.178. The normalized spacial score (nSPS) is 13.5. The molecule has 226 valence electrons. The topological polar surface area (TPSA) is 104 Å². The highest BCUT2D eigenvalue weighted by Crippen LogP contribution is 2.40. The van der Waals surface area contributed by atoms with Crippen LogP contribution >= 0.6 is 15.9 Å². The summed E-state index contributed by atoms with van der Waals surface area (Å²) in [7, 11) is -3.99. The minimum Gasteiger partial charge on any atom is -0.457 e. The van der Waals surface area contributed by atoms with Crippen LogP contribution in [0.25, 0.3) is 22.2 Å². The van der Waals surface area contributed by atoms with Crippen molar-refractivity contribution in [1.29, 1.82) is 0 Å². The first-order valence-electron chi connectivity index (χ1n) is 14.1. The number of nitrogens with zero attached hydrogens (tertiary/aromatic N) is 4. The highest BCUT2D eigenvalue weighted by atomic mass is 79.9. The molecule has 4 heterocycles. The molecule has 0 aliphatic carbocycles. The molecule has 0 saturated heterocycles. The fourth-order valence-corrected chi connectivity index (χ4v) is 6.87. The van der Waals surface area contributed by atoms with Crippen LogP contribution in [0.4, 0.5) is 4.79 Å². The average molecular weight is 676 g/mol. The standard InChI is InChI=1S/C33H31BrN4O5S/c1-21-5-9-26(10-6-21)44(40,41)38-20-27(23-11-14-35-29(34)18-23)30-28(12-15-36-31(30)38)42-25-8-7-22-13-16-37(19-24(22)17-25)32(39)43-33(2,3)4/h5-12,14-15,17-18,20H,13,16,19H2,1-4H3. The number of carbonyl (C=O) groups excluding carboxylic acids is 1. The summed E-state index contributed by atoms with van der Waals surface area (Å²) in [4.78, 5) is 23.3. The molecule has 0 spiro atoms. The molecule has 0 atom stereocenters. The van der Waals surface area contributed by atoms with Gasteiger partial charge in [0.1, 0.15) is 21.7 Å². The van der Waals surface area contributed by atoms with E-state index in [0.29, 0.717) is 46.6 Å². The zero-order chi connectivity index (χ0) is 31.2. The van der Waals surface area contributed by atoms with E-state index in [9.17, 15) is 13.2 Å². The third-order valence-corrected chi connectivity index (χ3v) is 9.40. The van der Waals surface area contributed by atoms with Gasteiger partial charge in [0.2, 0.25) is 0 Å². The Morgan fingerprint density at radius 1 is 0.955 bits per heavy atom. The number of hydrogen-bond acceptors (Lipinski definition) is 7. The van der Waals surface area contributed by atoms with E-state index in [4.69, 9.17) is 9.47 Å². The molecule has 3 aromatic heterocycles. The van der Waals surface area contributed by atoms with Crippen LogP contribution in [0.2, 0.25) is 0 Å². The van der Waals surface area contributed by atoms with Crippen LogP contribution < -0.4 is 4.74 Å². The molecule has 2 aromatic carbocycles. The van der Waals surface area contributed by atoms with Crippen LogP contribution in [0.1, 0.15) is 37.5 Å². The average Bonchev–Trinajstić information content (AvgIpc) is 3.38. The van der Waals surface area contributed by atoms with Crippen molar-refractivity contribution in [3.05, 3.63) is 101 Å². The van der Waals surface area contributed by atoms with Crippen molar-refractivity contribution < 1.29 is 22.7 Å². The van der Waals surface area contributed by atoms with Gasteiger partial charge in [0.05, 0.1) is 10.3 Å². The lowest BCUT2D eigenvalue weighted by molar-refractivity contribution is 0.0223. The number of benzene rings is 2. The number of halogens is 1. The second-order valence-corrected chi connectivity index (χ2v) is 14.3. The van der Waals surface area contributed by atoms with Crippen molar-refractivity contribution >= 4 is 43.1 Å². The number of aromatic nitrogens is 3. The molecule has 1 amide bonds. The monoisotopic (exact) mass is 674 g/mol. The van der Waals surface area contributed by atoms with E-state index in [2.05, 4.69) is 25.9 Å². The van der Waals surface area contributed by atoms with E-state index in [1.807, 2.05) is 58.0 Å². The Morgan fingerprint density at radius 3 is 2.43 bits per heavy atom. The van der Waals surface area contributed by atoms with Gasteiger partial charge in [-0.3, -0.25) is 0 Å². The molecule has 0 unspecified atom stereocenters. The van der Waals surface area contributed by atoms with Crippen molar-refractivity contribution in [2.45, 2.75) is 51.2 Å². The fraction of sp³-hybridized carbons (Fsp3) is 0.242. The third-order valence-electron chi connectivity index (χ3n) is 7.30. The molecule has 0 fully saturated rings. The van der Waals surface area contributed by atoms with E-state index >= 15 is 0 Å². The van der Waals surface area contributed by atoms with Gasteiger partial charge in [0.15, 0.2) is 5.65 Å². The Balaban J connectivity index is 1.42. The summed E-state index contributed by atoms with van der Waals surface area (Å²) in [6, 6.07) is 17.9. The van der Waals surface area contributed by atoms with Crippen LogP contribution in [0.15, 0.2) is 88.8 Å². The Bertz CT molecular complexity index is 2000. The number of ether oxygens (including phenoxy) is 2. The van der Waals surface area contributed by atoms with Crippen molar-refractivity contribution in [1.82, 2.24) is 18.8 Å². The molecule has 44 heavy (non-hydrogen) atoms. The van der Waals surface area contributed by atoms with E-state index in [0.717, 1.165) is 22.3 Å². The van der Waals surface area contributed by atoms with Gasteiger partial charge in [0.25, 0.3) is 10.0 Å². The van der Waals surface area contributed by atoms with Crippen molar-refractivity contribution in [2.24, 2.45) is 0 Å². The largest absolute Gasteiger partial charge is 0.457 e. The first-order chi connectivity index (χ1) is 20.9. The highest BCUT2D eigenvalue weighted by Gasteiger charge is 2.27. The molecule has 0 saturated carbocycles. The number of fused-ring (bicyclic) bond motifs is 2. The molecular formula is C33H31BrN4O5S. The van der Waals surface area contributed by atoms with Crippen LogP contribution in [-0.4, -0.2) is 45.5 Å². The Hall–Kier alpha value is -4.22. The summed E-state index contributed by atoms with van der Waals surface area (Å²) in [5.41, 5.74) is 4.07. The molecule has 1 aliphatic heterocycles. The Labute approximate surface area is 264 Å². The third kappa shape index (κ3) is 5.94. The van der Waals surface area contributed by atoms with Gasteiger partial charge < -0.3 is 14.4 Å². The predicted molar refractivity (Wildman–Crippen MR) is 171 cm³/mol. The molecular weight excluding hydrogens is 644 g/mol. The first-order valence-corrected chi connectivity index (χ1v) is 16.3. The second-order valence-electron chi connectivity index (χ2n) is 11.7. The minimum absolute atomic E-state index is 0.153. The van der Waals surface area contributed by atoms with Gasteiger partial charge in [-0.25, -0.2) is 27.2 Å². The number of rotatable bonds is 5. The van der Waals surface area contributed by atoms with Crippen LogP contribution in [-0.2, 0) is 27.7 Å². The summed E-state index contributed by atoms with van der Waals surface area (Å²) in [6.07, 6.45) is 5.11. The van der Waals surface area contributed by atoms with E-state index in [1.54, 1.807) is 47.6 Å². The number of pyridine rings is 2. The first kappa shape index (κ1) is 29.8. The van der Waals surface area contributed by atoms with Gasteiger partial charge in [-0.1, -0.05) is 23.8 Å². The molecule has 5 aromatic rings. The second kappa shape index (κ2) is 11.4. The maximum Gasteiger partial charge on any atom is 0.410 e. The van der Waals surface area contributed by atoms with Gasteiger partial charge in [-0.05, 0) is 109 Å². The zero-order valence-corrected chi connectivity index (χ0v) is 27.1. The van der Waals surface area contributed by atoms with Crippen LogP contribution in [0, 0.1) is 6.92 Å². The van der Waals surface area contributed by atoms with Crippen molar-refractivity contribution in [2.75, 3.05) is 6.54 Å². The lowest BCUT2D eigenvalue weighted by Crippen LogP contribution is -2.39. The minimum atomic E-state index is -3.99. The predicted octanol–water partition coefficient (Wildman–Crippen LogP) is 7.49. The Kier molecular flexibility index (Phi) is 7.71. The number of carbonyl (C=O) groups is 1. The SMILES string of the molecule is Cc1ccc(S(=O)(=O)n2cc(-c3ccnc(Br)c3)c3c(Oc4ccc5c(c4)CN(C(=O)OC(C)(C)C)CC5)ccnc32)cc1. The van der Waals surface area contributed by atoms with Crippen molar-refractivity contribution in [3.8, 4) is 22.6 Å². The van der Waals surface area contributed by atoms with Gasteiger partial charge in [0, 0.05) is 37.2 Å². The maximum atomic E-state index is 13.9. The number of aryl methyl sites for hydroxylation is 1. The van der Waals surface area contributed by atoms with Gasteiger partial charge >= 0.3 is 6.09 Å². The van der Waals surface area contributed by atoms with Gasteiger partial charge in [-0.2, -0.15) is 0 Å². The van der Waals surface area contributed by atoms with E-state index in [1.165, 1.54) is 10.2 Å². The van der Waals surface area contributed by atoms with E-state index in [-0.39, 0.29) is 16.6 Å². The van der Waals surface area contributed by atoms with Gasteiger partial charge in [-0.15, -0.1) is 0 Å². The maximum absolute atomic E-state index is 13.9. The molecule has 11 heteroatoms. The van der Waals surface area contributed by atoms with Crippen LogP contribution in [0.5, 0.6) is 11.5 Å². The molecule has 6 rings (SSSR count). The molecule has 0 N–H and O–H groups in total. The zero-order valence-electron chi connectivity index (χ0n) is 24.7. The molecule has 0 radical (unpaired) electrons. The van der Waals surface area contributed by atoms with E-state index < -0.39 is 15.6 Å². The Morgan fingerprint density at radius 2 is 1.70 bits per heavy atom. The fourth-order valence-electron chi connectivity index (χ4n) is 5.18. The molecule has 9 nitrogen and oxygen atoms in total. The summed E-state index contributed by atoms with van der Waals surface area (Å²) >= 11 is 3.43. The smallest absolute Gasteiger partial charge is 0.410 e. The van der Waals surface area contributed by atoms with Crippen LogP contribution in [0.3, 0.4) is 0 Å². The molecule has 1 aliphatic rings. The summed E-state index contributed by atoms with van der Waals surface area (Å²) in [6.45, 7) is 8.42. The lowest BCUT2D eigenvalue weighted by Gasteiger charge is -2.31. The highest BCUT2D eigenvalue weighted by molar-refractivity contribution is 9.10. The lowest BCUT2D eigenvalue weighted by atomic mass is 10.00. The molecule has 0 bridgehead atoms. The summed E-state index contributed by atoms with van der Waals surface area (Å²) in [5.74, 6) is 0.994.